The maximum atomic E-state index is 12.4. The second-order valence-corrected chi connectivity index (χ2v) is 8.62. The molecule has 8 heteroatoms. The molecule has 0 aliphatic carbocycles. The van der Waals surface area contributed by atoms with E-state index >= 15 is 0 Å². The summed E-state index contributed by atoms with van der Waals surface area (Å²) in [5.41, 5.74) is 3.30. The summed E-state index contributed by atoms with van der Waals surface area (Å²) in [5, 5.41) is 2.46. The number of rotatable bonds is 8. The molecule has 4 aromatic rings. The Morgan fingerprint density at radius 1 is 0.892 bits per heavy atom. The van der Waals surface area contributed by atoms with E-state index in [1.54, 1.807) is 6.20 Å². The van der Waals surface area contributed by atoms with Crippen molar-refractivity contribution in [1.29, 1.82) is 0 Å². The fraction of sp³-hybridized carbons (Fsp3) is 0.0690. The topological polar surface area (TPSA) is 86.8 Å². The van der Waals surface area contributed by atoms with Crippen LogP contribution in [0.3, 0.4) is 0 Å². The van der Waals surface area contributed by atoms with Crippen LogP contribution in [-0.2, 0) is 20.9 Å². The molecule has 4 rings (SSSR count). The van der Waals surface area contributed by atoms with Crippen LogP contribution in [0, 0.1) is 0 Å². The third-order valence-corrected chi connectivity index (χ3v) is 5.87. The minimum Gasteiger partial charge on any atom is -0.464 e. The number of alkyl carbamates (subject to hydrolysis) is 1. The molecule has 0 aliphatic heterocycles. The highest BCUT2D eigenvalue weighted by atomic mass is 79.9. The average Bonchev–Trinajstić information content (AvgIpc) is 2.94. The van der Waals surface area contributed by atoms with E-state index in [-0.39, 0.29) is 12.3 Å². The van der Waals surface area contributed by atoms with Crippen molar-refractivity contribution in [2.45, 2.75) is 6.61 Å². The quantitative estimate of drug-likeness (QED) is 0.190. The predicted molar refractivity (Wildman–Crippen MR) is 144 cm³/mol. The standard InChI is InChI=1S/C29H23BrN2O5/c1-35-28(33)26(32-29(34)36-19-20-8-4-2-5-9-20)16-24-25(30)17-31-18-27(24)37-23-14-12-22(13-15-23)21-10-6-3-7-11-21/h2-18H,19H2,1H3,(H,32,34)/b26-16+. The van der Waals surface area contributed by atoms with Crippen LogP contribution in [0.5, 0.6) is 11.5 Å². The third kappa shape index (κ3) is 7.05. The van der Waals surface area contributed by atoms with E-state index in [0.29, 0.717) is 21.5 Å². The largest absolute Gasteiger partial charge is 0.464 e. The molecule has 0 saturated carbocycles. The third-order valence-electron chi connectivity index (χ3n) is 5.24. The highest BCUT2D eigenvalue weighted by molar-refractivity contribution is 9.10. The van der Waals surface area contributed by atoms with E-state index < -0.39 is 12.1 Å². The van der Waals surface area contributed by atoms with Crippen LogP contribution in [0.25, 0.3) is 17.2 Å². The molecule has 0 bridgehead atoms. The van der Waals surface area contributed by atoms with Gasteiger partial charge in [-0.1, -0.05) is 72.8 Å². The second-order valence-electron chi connectivity index (χ2n) is 7.76. The van der Waals surface area contributed by atoms with Crippen molar-refractivity contribution in [3.63, 3.8) is 0 Å². The number of amides is 1. The first-order valence-electron chi connectivity index (χ1n) is 11.3. The number of esters is 1. The Morgan fingerprint density at radius 2 is 1.54 bits per heavy atom. The van der Waals surface area contributed by atoms with Crippen LogP contribution in [-0.4, -0.2) is 24.2 Å². The highest BCUT2D eigenvalue weighted by Gasteiger charge is 2.18. The summed E-state index contributed by atoms with van der Waals surface area (Å²) in [6.45, 7) is 0.0490. The van der Waals surface area contributed by atoms with Gasteiger partial charge in [0.1, 0.15) is 18.1 Å². The summed E-state index contributed by atoms with van der Waals surface area (Å²) < 4.78 is 16.7. The molecular weight excluding hydrogens is 536 g/mol. The Kier molecular flexibility index (Phi) is 8.67. The Labute approximate surface area is 222 Å². The van der Waals surface area contributed by atoms with E-state index in [1.165, 1.54) is 19.4 Å². The molecule has 0 radical (unpaired) electrons. The molecule has 0 unspecified atom stereocenters. The molecule has 0 aliphatic rings. The molecule has 0 saturated heterocycles. The maximum absolute atomic E-state index is 12.4. The van der Waals surface area contributed by atoms with Gasteiger partial charge in [-0.25, -0.2) is 9.59 Å². The number of carbonyl (C=O) groups excluding carboxylic acids is 2. The summed E-state index contributed by atoms with van der Waals surface area (Å²) >= 11 is 3.45. The lowest BCUT2D eigenvalue weighted by molar-refractivity contribution is -0.136. The zero-order valence-corrected chi connectivity index (χ0v) is 21.5. The van der Waals surface area contributed by atoms with Crippen molar-refractivity contribution < 1.29 is 23.8 Å². The molecule has 0 fully saturated rings. The second kappa shape index (κ2) is 12.5. The van der Waals surface area contributed by atoms with Crippen LogP contribution in [0.15, 0.2) is 107 Å². The van der Waals surface area contributed by atoms with Crippen molar-refractivity contribution >= 4 is 34.1 Å². The van der Waals surface area contributed by atoms with Crippen LogP contribution in [0.4, 0.5) is 4.79 Å². The van der Waals surface area contributed by atoms with Crippen molar-refractivity contribution in [3.05, 3.63) is 119 Å². The number of hydrogen-bond acceptors (Lipinski definition) is 6. The Hall–Kier alpha value is -4.43. The van der Waals surface area contributed by atoms with Gasteiger partial charge in [-0.05, 0) is 50.8 Å². The Morgan fingerprint density at radius 3 is 2.22 bits per heavy atom. The van der Waals surface area contributed by atoms with Gasteiger partial charge < -0.3 is 14.2 Å². The lowest BCUT2D eigenvalue weighted by atomic mass is 10.1. The molecular formula is C29H23BrN2O5. The number of pyridine rings is 1. The van der Waals surface area contributed by atoms with Crippen LogP contribution in [0.2, 0.25) is 0 Å². The van der Waals surface area contributed by atoms with E-state index in [9.17, 15) is 9.59 Å². The number of aromatic nitrogens is 1. The molecule has 0 spiro atoms. The van der Waals surface area contributed by atoms with Gasteiger partial charge in [0.05, 0.1) is 13.3 Å². The smallest absolute Gasteiger partial charge is 0.412 e. The Bertz CT molecular complexity index is 1390. The van der Waals surface area contributed by atoms with E-state index in [4.69, 9.17) is 14.2 Å². The molecule has 1 amide bonds. The molecule has 186 valence electrons. The monoisotopic (exact) mass is 558 g/mol. The molecule has 0 atom stereocenters. The van der Waals surface area contributed by atoms with Crippen molar-refractivity contribution in [1.82, 2.24) is 10.3 Å². The van der Waals surface area contributed by atoms with Crippen molar-refractivity contribution in [3.8, 4) is 22.6 Å². The van der Waals surface area contributed by atoms with Gasteiger partial charge in [-0.3, -0.25) is 10.3 Å². The number of ether oxygens (including phenoxy) is 3. The molecule has 7 nitrogen and oxygen atoms in total. The van der Waals surface area contributed by atoms with Gasteiger partial charge in [-0.2, -0.15) is 0 Å². The van der Waals surface area contributed by atoms with Crippen molar-refractivity contribution in [2.24, 2.45) is 0 Å². The summed E-state index contributed by atoms with van der Waals surface area (Å²) in [4.78, 5) is 29.0. The van der Waals surface area contributed by atoms with Crippen LogP contribution < -0.4 is 10.1 Å². The number of carbonyl (C=O) groups is 2. The van der Waals surface area contributed by atoms with Crippen LogP contribution >= 0.6 is 15.9 Å². The summed E-state index contributed by atoms with van der Waals surface area (Å²) in [7, 11) is 1.22. The van der Waals surface area contributed by atoms with E-state index in [1.807, 2.05) is 84.9 Å². The van der Waals surface area contributed by atoms with Crippen molar-refractivity contribution in [2.75, 3.05) is 7.11 Å². The molecule has 3 aromatic carbocycles. The van der Waals surface area contributed by atoms with Gasteiger partial charge in [-0.15, -0.1) is 0 Å². The Balaban J connectivity index is 1.54. The predicted octanol–water partition coefficient (Wildman–Crippen LogP) is 6.74. The molecule has 1 N–H and O–H groups in total. The molecule has 1 aromatic heterocycles. The lowest BCUT2D eigenvalue weighted by Gasteiger charge is -2.13. The first kappa shape index (κ1) is 25.7. The number of halogens is 1. The van der Waals surface area contributed by atoms with Crippen LogP contribution in [0.1, 0.15) is 11.1 Å². The number of methoxy groups -OCH3 is 1. The summed E-state index contributed by atoms with van der Waals surface area (Å²) in [6.07, 6.45) is 3.71. The first-order valence-corrected chi connectivity index (χ1v) is 12.1. The number of nitrogens with one attached hydrogen (secondary N) is 1. The van der Waals surface area contributed by atoms with E-state index in [2.05, 4.69) is 26.2 Å². The van der Waals surface area contributed by atoms with Gasteiger partial charge in [0.25, 0.3) is 0 Å². The number of hydrogen-bond donors (Lipinski definition) is 1. The molecule has 37 heavy (non-hydrogen) atoms. The average molecular weight is 559 g/mol. The zero-order valence-electron chi connectivity index (χ0n) is 19.9. The SMILES string of the molecule is COC(=O)/C(=C\c1c(Br)cncc1Oc1ccc(-c2ccccc2)cc1)NC(=O)OCc1ccccc1. The lowest BCUT2D eigenvalue weighted by Crippen LogP contribution is -2.28. The summed E-state index contributed by atoms with van der Waals surface area (Å²) in [6, 6.07) is 26.8. The normalized spacial score (nSPS) is 10.9. The maximum Gasteiger partial charge on any atom is 0.412 e. The zero-order chi connectivity index (χ0) is 26.0. The van der Waals surface area contributed by atoms with E-state index in [0.717, 1.165) is 16.7 Å². The van der Waals surface area contributed by atoms with Gasteiger partial charge >= 0.3 is 12.1 Å². The van der Waals surface area contributed by atoms with Gasteiger partial charge in [0.15, 0.2) is 5.75 Å². The van der Waals surface area contributed by atoms with Gasteiger partial charge in [0.2, 0.25) is 0 Å². The summed E-state index contributed by atoms with van der Waals surface area (Å²) in [5.74, 6) is 0.185. The van der Waals surface area contributed by atoms with Gasteiger partial charge in [0, 0.05) is 16.2 Å². The minimum absolute atomic E-state index is 0.0490. The highest BCUT2D eigenvalue weighted by Crippen LogP contribution is 2.32. The molecule has 1 heterocycles. The number of benzene rings is 3. The fourth-order valence-electron chi connectivity index (χ4n) is 3.39. The first-order chi connectivity index (χ1) is 18.0. The fourth-order valence-corrected chi connectivity index (χ4v) is 3.82. The number of nitrogens with zero attached hydrogens (tertiary/aromatic N) is 1. The minimum atomic E-state index is -0.801.